The molecule has 1 heterocycles. The van der Waals surface area contributed by atoms with Crippen LogP contribution in [-0.2, 0) is 6.54 Å². The number of nitrogens with zero attached hydrogens (tertiary/aromatic N) is 1. The Hall–Kier alpha value is -1.87. The summed E-state index contributed by atoms with van der Waals surface area (Å²) in [5.41, 5.74) is 2.22. The number of ether oxygens (including phenoxy) is 1. The smallest absolute Gasteiger partial charge is 0.123 e. The minimum absolute atomic E-state index is 0.0443. The SMILES string of the molecule is CC(Oc1ccnc(CNC2CC2)c1)c1ccccc1. The lowest BCUT2D eigenvalue weighted by Crippen LogP contribution is -2.16. The molecule has 1 atom stereocenters. The lowest BCUT2D eigenvalue weighted by Gasteiger charge is -2.15. The highest BCUT2D eigenvalue weighted by atomic mass is 16.5. The van der Waals surface area contributed by atoms with E-state index in [9.17, 15) is 0 Å². The quantitative estimate of drug-likeness (QED) is 0.871. The Balaban J connectivity index is 1.62. The standard InChI is InChI=1S/C17H20N2O/c1-13(14-5-3-2-4-6-14)20-17-9-10-18-16(11-17)12-19-15-7-8-15/h2-6,9-11,13,15,19H,7-8,12H2,1H3. The monoisotopic (exact) mass is 268 g/mol. The van der Waals surface area contributed by atoms with Crippen LogP contribution in [-0.4, -0.2) is 11.0 Å². The van der Waals surface area contributed by atoms with E-state index in [-0.39, 0.29) is 6.10 Å². The van der Waals surface area contributed by atoms with Gasteiger partial charge in [0.05, 0.1) is 5.69 Å². The molecule has 1 fully saturated rings. The van der Waals surface area contributed by atoms with Crippen LogP contribution in [0.5, 0.6) is 5.75 Å². The molecule has 0 saturated heterocycles. The van der Waals surface area contributed by atoms with Crippen molar-refractivity contribution in [3.8, 4) is 5.75 Å². The largest absolute Gasteiger partial charge is 0.486 e. The van der Waals surface area contributed by atoms with Crippen LogP contribution < -0.4 is 10.1 Å². The van der Waals surface area contributed by atoms with Crippen molar-refractivity contribution in [1.82, 2.24) is 10.3 Å². The van der Waals surface area contributed by atoms with E-state index in [0.717, 1.165) is 18.0 Å². The number of rotatable bonds is 6. The Morgan fingerprint density at radius 1 is 1.25 bits per heavy atom. The zero-order valence-corrected chi connectivity index (χ0v) is 11.8. The maximum atomic E-state index is 6.00. The fourth-order valence-electron chi connectivity index (χ4n) is 2.16. The van der Waals surface area contributed by atoms with Crippen molar-refractivity contribution in [3.05, 3.63) is 59.9 Å². The van der Waals surface area contributed by atoms with Crippen molar-refractivity contribution in [2.75, 3.05) is 0 Å². The number of pyridine rings is 1. The fourth-order valence-corrected chi connectivity index (χ4v) is 2.16. The second kappa shape index (κ2) is 6.06. The van der Waals surface area contributed by atoms with E-state index in [4.69, 9.17) is 4.74 Å². The van der Waals surface area contributed by atoms with Crippen LogP contribution in [0.25, 0.3) is 0 Å². The summed E-state index contributed by atoms with van der Waals surface area (Å²) >= 11 is 0. The molecule has 3 rings (SSSR count). The van der Waals surface area contributed by atoms with Gasteiger partial charge in [-0.05, 0) is 31.4 Å². The molecule has 0 bridgehead atoms. The summed E-state index contributed by atoms with van der Waals surface area (Å²) in [6, 6.07) is 14.9. The van der Waals surface area contributed by atoms with Gasteiger partial charge < -0.3 is 10.1 Å². The topological polar surface area (TPSA) is 34.1 Å². The van der Waals surface area contributed by atoms with Gasteiger partial charge in [0.15, 0.2) is 0 Å². The number of hydrogen-bond donors (Lipinski definition) is 1. The minimum atomic E-state index is 0.0443. The summed E-state index contributed by atoms with van der Waals surface area (Å²) in [5.74, 6) is 0.879. The lowest BCUT2D eigenvalue weighted by atomic mass is 10.1. The lowest BCUT2D eigenvalue weighted by molar-refractivity contribution is 0.226. The van der Waals surface area contributed by atoms with Crippen LogP contribution in [0.3, 0.4) is 0 Å². The van der Waals surface area contributed by atoms with Crippen molar-refractivity contribution < 1.29 is 4.74 Å². The molecule has 3 nitrogen and oxygen atoms in total. The molecule has 104 valence electrons. The summed E-state index contributed by atoms with van der Waals surface area (Å²) in [7, 11) is 0. The second-order valence-corrected chi connectivity index (χ2v) is 5.31. The van der Waals surface area contributed by atoms with Crippen molar-refractivity contribution in [2.24, 2.45) is 0 Å². The van der Waals surface area contributed by atoms with Gasteiger partial charge in [-0.15, -0.1) is 0 Å². The zero-order chi connectivity index (χ0) is 13.8. The first-order valence-corrected chi connectivity index (χ1v) is 7.21. The maximum absolute atomic E-state index is 6.00. The van der Waals surface area contributed by atoms with Gasteiger partial charge in [0.1, 0.15) is 11.9 Å². The van der Waals surface area contributed by atoms with Crippen LogP contribution in [0, 0.1) is 0 Å². The summed E-state index contributed by atoms with van der Waals surface area (Å²) in [6.07, 6.45) is 4.45. The summed E-state index contributed by atoms with van der Waals surface area (Å²) in [4.78, 5) is 4.38. The van der Waals surface area contributed by atoms with Gasteiger partial charge >= 0.3 is 0 Å². The number of nitrogens with one attached hydrogen (secondary N) is 1. The Morgan fingerprint density at radius 3 is 2.80 bits per heavy atom. The van der Waals surface area contributed by atoms with Gasteiger partial charge in [-0.3, -0.25) is 4.98 Å². The highest BCUT2D eigenvalue weighted by Crippen LogP contribution is 2.22. The molecule has 1 aliphatic carbocycles. The molecule has 1 aromatic heterocycles. The average Bonchev–Trinajstić information content (AvgIpc) is 3.31. The fraction of sp³-hybridized carbons (Fsp3) is 0.353. The van der Waals surface area contributed by atoms with Crippen LogP contribution in [0.2, 0.25) is 0 Å². The van der Waals surface area contributed by atoms with Gasteiger partial charge in [0.25, 0.3) is 0 Å². The molecule has 2 aromatic rings. The van der Waals surface area contributed by atoms with Gasteiger partial charge in [-0.25, -0.2) is 0 Å². The maximum Gasteiger partial charge on any atom is 0.123 e. The number of benzene rings is 1. The van der Waals surface area contributed by atoms with Crippen LogP contribution in [0.1, 0.15) is 37.1 Å². The van der Waals surface area contributed by atoms with Crippen LogP contribution >= 0.6 is 0 Å². The van der Waals surface area contributed by atoms with Gasteiger partial charge in [-0.2, -0.15) is 0 Å². The minimum Gasteiger partial charge on any atom is -0.486 e. The molecule has 1 aliphatic rings. The van der Waals surface area contributed by atoms with Gasteiger partial charge in [0.2, 0.25) is 0 Å². The normalized spacial score (nSPS) is 15.8. The van der Waals surface area contributed by atoms with E-state index in [1.807, 2.05) is 36.5 Å². The van der Waals surface area contributed by atoms with Crippen molar-refractivity contribution in [2.45, 2.75) is 38.5 Å². The summed E-state index contributed by atoms with van der Waals surface area (Å²) in [6.45, 7) is 2.89. The molecule has 0 radical (unpaired) electrons. The molecule has 1 saturated carbocycles. The molecule has 3 heteroatoms. The van der Waals surface area contributed by atoms with Gasteiger partial charge in [-0.1, -0.05) is 30.3 Å². The Labute approximate surface area is 120 Å². The third-order valence-electron chi connectivity index (χ3n) is 3.52. The first kappa shape index (κ1) is 13.1. The Kier molecular flexibility index (Phi) is 3.97. The first-order chi connectivity index (χ1) is 9.81. The zero-order valence-electron chi connectivity index (χ0n) is 11.8. The van der Waals surface area contributed by atoms with E-state index in [0.29, 0.717) is 6.04 Å². The molecule has 1 unspecified atom stereocenters. The molecule has 1 N–H and O–H groups in total. The third-order valence-corrected chi connectivity index (χ3v) is 3.52. The highest BCUT2D eigenvalue weighted by molar-refractivity contribution is 5.25. The molecule has 1 aromatic carbocycles. The van der Waals surface area contributed by atoms with E-state index < -0.39 is 0 Å². The van der Waals surface area contributed by atoms with Crippen molar-refractivity contribution >= 4 is 0 Å². The highest BCUT2D eigenvalue weighted by Gasteiger charge is 2.20. The van der Waals surface area contributed by atoms with Crippen LogP contribution in [0.4, 0.5) is 0 Å². The summed E-state index contributed by atoms with van der Waals surface area (Å²) in [5, 5.41) is 3.47. The molecule has 0 amide bonds. The van der Waals surface area contributed by atoms with E-state index in [2.05, 4.69) is 29.4 Å². The molecular weight excluding hydrogens is 248 g/mol. The number of aromatic nitrogens is 1. The van der Waals surface area contributed by atoms with E-state index in [1.54, 1.807) is 0 Å². The Bertz CT molecular complexity index is 552. The van der Waals surface area contributed by atoms with Gasteiger partial charge in [0, 0.05) is 24.8 Å². The second-order valence-electron chi connectivity index (χ2n) is 5.31. The first-order valence-electron chi connectivity index (χ1n) is 7.21. The van der Waals surface area contributed by atoms with Crippen molar-refractivity contribution in [3.63, 3.8) is 0 Å². The molecular formula is C17H20N2O. The van der Waals surface area contributed by atoms with E-state index >= 15 is 0 Å². The van der Waals surface area contributed by atoms with Crippen LogP contribution in [0.15, 0.2) is 48.7 Å². The molecule has 0 spiro atoms. The van der Waals surface area contributed by atoms with Crippen molar-refractivity contribution in [1.29, 1.82) is 0 Å². The summed E-state index contributed by atoms with van der Waals surface area (Å²) < 4.78 is 6.00. The third kappa shape index (κ3) is 3.58. The predicted molar refractivity (Wildman–Crippen MR) is 79.6 cm³/mol. The molecule has 20 heavy (non-hydrogen) atoms. The Morgan fingerprint density at radius 2 is 2.05 bits per heavy atom. The predicted octanol–water partition coefficient (Wildman–Crippen LogP) is 3.47. The van der Waals surface area contributed by atoms with E-state index in [1.165, 1.54) is 18.4 Å². The molecule has 0 aliphatic heterocycles. The number of hydrogen-bond acceptors (Lipinski definition) is 3. The average molecular weight is 268 g/mol.